The van der Waals surface area contributed by atoms with Gasteiger partial charge in [0.15, 0.2) is 6.61 Å². The highest BCUT2D eigenvalue weighted by Crippen LogP contribution is 2.28. The lowest BCUT2D eigenvalue weighted by atomic mass is 10.1. The van der Waals surface area contributed by atoms with Crippen LogP contribution in [0.2, 0.25) is 0 Å². The van der Waals surface area contributed by atoms with E-state index in [-0.39, 0.29) is 12.5 Å². The van der Waals surface area contributed by atoms with E-state index in [9.17, 15) is 4.79 Å². The lowest BCUT2D eigenvalue weighted by Gasteiger charge is -2.18. The summed E-state index contributed by atoms with van der Waals surface area (Å²) in [6.07, 6.45) is 1.01. The van der Waals surface area contributed by atoms with Gasteiger partial charge >= 0.3 is 0 Å². The maximum atomic E-state index is 11.3. The maximum absolute atomic E-state index is 11.3. The first-order chi connectivity index (χ1) is 10.3. The molecule has 0 unspecified atom stereocenters. The molecule has 1 aliphatic heterocycles. The Morgan fingerprint density at radius 3 is 2.81 bits per heavy atom. The number of benzene rings is 2. The van der Waals surface area contributed by atoms with Crippen molar-refractivity contribution >= 4 is 11.6 Å². The molecule has 0 bridgehead atoms. The summed E-state index contributed by atoms with van der Waals surface area (Å²) >= 11 is 0. The molecule has 1 amide bonds. The molecule has 0 fully saturated rings. The third-order valence-electron chi connectivity index (χ3n) is 3.44. The van der Waals surface area contributed by atoms with Crippen LogP contribution in [0.5, 0.6) is 5.75 Å². The van der Waals surface area contributed by atoms with Crippen LogP contribution in [0.4, 0.5) is 5.69 Å². The van der Waals surface area contributed by atoms with Crippen LogP contribution in [0, 0.1) is 0 Å². The normalized spacial score (nSPS) is 13.2. The van der Waals surface area contributed by atoms with Crippen molar-refractivity contribution in [1.82, 2.24) is 5.32 Å². The molecule has 0 aromatic heterocycles. The van der Waals surface area contributed by atoms with E-state index in [1.54, 1.807) is 0 Å². The van der Waals surface area contributed by atoms with E-state index in [1.165, 1.54) is 5.56 Å². The number of amides is 1. The van der Waals surface area contributed by atoms with E-state index in [0.29, 0.717) is 0 Å². The molecule has 4 nitrogen and oxygen atoms in total. The van der Waals surface area contributed by atoms with Crippen LogP contribution in [-0.4, -0.2) is 19.1 Å². The third-order valence-corrected chi connectivity index (χ3v) is 3.44. The fourth-order valence-corrected chi connectivity index (χ4v) is 2.35. The van der Waals surface area contributed by atoms with Gasteiger partial charge in [0.1, 0.15) is 5.75 Å². The highest BCUT2D eigenvalue weighted by atomic mass is 16.5. The maximum Gasteiger partial charge on any atom is 0.262 e. The van der Waals surface area contributed by atoms with Crippen LogP contribution in [0.15, 0.2) is 48.5 Å². The fraction of sp³-hybridized carbons (Fsp3) is 0.235. The first-order valence-corrected chi connectivity index (χ1v) is 7.11. The number of hydrogen-bond donors (Lipinski definition) is 2. The number of fused-ring (bicyclic) bond motifs is 1. The average Bonchev–Trinajstić information content (AvgIpc) is 2.52. The highest BCUT2D eigenvalue weighted by Gasteiger charge is 2.15. The van der Waals surface area contributed by atoms with Crippen molar-refractivity contribution in [2.24, 2.45) is 0 Å². The van der Waals surface area contributed by atoms with Crippen molar-refractivity contribution in [3.63, 3.8) is 0 Å². The molecule has 0 saturated heterocycles. The average molecular weight is 282 g/mol. The minimum atomic E-state index is -0.100. The van der Waals surface area contributed by atoms with Gasteiger partial charge in [-0.15, -0.1) is 0 Å². The molecule has 2 aromatic rings. The van der Waals surface area contributed by atoms with E-state index in [1.807, 2.05) is 24.3 Å². The monoisotopic (exact) mass is 282 g/mol. The van der Waals surface area contributed by atoms with Gasteiger partial charge in [-0.2, -0.15) is 0 Å². The molecular formula is C17H18N2O2. The summed E-state index contributed by atoms with van der Waals surface area (Å²) in [7, 11) is 0. The van der Waals surface area contributed by atoms with E-state index < -0.39 is 0 Å². The topological polar surface area (TPSA) is 50.4 Å². The van der Waals surface area contributed by atoms with Gasteiger partial charge in [0, 0.05) is 6.54 Å². The van der Waals surface area contributed by atoms with Gasteiger partial charge in [-0.05, 0) is 36.2 Å². The zero-order valence-corrected chi connectivity index (χ0v) is 11.8. The largest absolute Gasteiger partial charge is 0.482 e. The van der Waals surface area contributed by atoms with Crippen LogP contribution in [0.3, 0.4) is 0 Å². The van der Waals surface area contributed by atoms with Gasteiger partial charge in [-0.25, -0.2) is 0 Å². The SMILES string of the molecule is O=C1COc2ccc(CNCCc3ccccc3)cc2N1. The Morgan fingerprint density at radius 1 is 1.10 bits per heavy atom. The Labute approximate surface area is 124 Å². The summed E-state index contributed by atoms with van der Waals surface area (Å²) in [5.41, 5.74) is 3.22. The van der Waals surface area contributed by atoms with Gasteiger partial charge in [0.05, 0.1) is 5.69 Å². The molecule has 108 valence electrons. The first kappa shape index (κ1) is 13.6. The Bertz CT molecular complexity index is 626. The van der Waals surface area contributed by atoms with E-state index in [2.05, 4.69) is 34.9 Å². The number of hydrogen-bond acceptors (Lipinski definition) is 3. The van der Waals surface area contributed by atoms with Crippen molar-refractivity contribution in [1.29, 1.82) is 0 Å². The molecule has 0 saturated carbocycles. The Balaban J connectivity index is 1.52. The molecule has 2 aromatic carbocycles. The molecule has 0 atom stereocenters. The quantitative estimate of drug-likeness (QED) is 0.828. The Kier molecular flexibility index (Phi) is 4.17. The zero-order valence-electron chi connectivity index (χ0n) is 11.8. The molecule has 0 aliphatic carbocycles. The predicted molar refractivity (Wildman–Crippen MR) is 82.4 cm³/mol. The van der Waals surface area contributed by atoms with E-state index in [4.69, 9.17) is 4.74 Å². The number of nitrogens with one attached hydrogen (secondary N) is 2. The predicted octanol–water partition coefficient (Wildman–Crippen LogP) is 2.35. The van der Waals surface area contributed by atoms with Crippen molar-refractivity contribution in [2.45, 2.75) is 13.0 Å². The lowest BCUT2D eigenvalue weighted by molar-refractivity contribution is -0.118. The smallest absolute Gasteiger partial charge is 0.262 e. The molecule has 1 heterocycles. The molecule has 4 heteroatoms. The first-order valence-electron chi connectivity index (χ1n) is 7.11. The van der Waals surface area contributed by atoms with Crippen molar-refractivity contribution in [2.75, 3.05) is 18.5 Å². The summed E-state index contributed by atoms with van der Waals surface area (Å²) in [6, 6.07) is 16.3. The van der Waals surface area contributed by atoms with Gasteiger partial charge in [0.25, 0.3) is 5.91 Å². The van der Waals surface area contributed by atoms with Gasteiger partial charge in [0.2, 0.25) is 0 Å². The minimum absolute atomic E-state index is 0.0989. The molecule has 2 N–H and O–H groups in total. The second kappa shape index (κ2) is 6.41. The molecule has 0 radical (unpaired) electrons. The van der Waals surface area contributed by atoms with Crippen molar-refractivity contribution in [3.05, 3.63) is 59.7 Å². The number of rotatable bonds is 5. The van der Waals surface area contributed by atoms with Crippen LogP contribution in [0.1, 0.15) is 11.1 Å². The minimum Gasteiger partial charge on any atom is -0.482 e. The summed E-state index contributed by atoms with van der Waals surface area (Å²) in [6.45, 7) is 1.79. The zero-order chi connectivity index (χ0) is 14.5. The number of carbonyl (C=O) groups excluding carboxylic acids is 1. The highest BCUT2D eigenvalue weighted by molar-refractivity contribution is 5.95. The summed E-state index contributed by atoms with van der Waals surface area (Å²) in [5.74, 6) is 0.638. The van der Waals surface area contributed by atoms with Crippen LogP contribution < -0.4 is 15.4 Å². The third kappa shape index (κ3) is 3.61. The molecule has 0 spiro atoms. The van der Waals surface area contributed by atoms with Gasteiger partial charge in [-0.3, -0.25) is 4.79 Å². The van der Waals surface area contributed by atoms with E-state index >= 15 is 0 Å². The van der Waals surface area contributed by atoms with Crippen LogP contribution in [0.25, 0.3) is 0 Å². The summed E-state index contributed by atoms with van der Waals surface area (Å²) < 4.78 is 5.34. The Morgan fingerprint density at radius 2 is 1.95 bits per heavy atom. The summed E-state index contributed by atoms with van der Waals surface area (Å²) in [5, 5.41) is 6.24. The molecular weight excluding hydrogens is 264 g/mol. The number of carbonyl (C=O) groups is 1. The van der Waals surface area contributed by atoms with Crippen LogP contribution >= 0.6 is 0 Å². The van der Waals surface area contributed by atoms with Crippen LogP contribution in [-0.2, 0) is 17.8 Å². The van der Waals surface area contributed by atoms with Crippen molar-refractivity contribution in [3.8, 4) is 5.75 Å². The Hall–Kier alpha value is -2.33. The number of anilines is 1. The van der Waals surface area contributed by atoms with E-state index in [0.717, 1.165) is 36.5 Å². The van der Waals surface area contributed by atoms with Gasteiger partial charge in [-0.1, -0.05) is 36.4 Å². The molecule has 3 rings (SSSR count). The molecule has 1 aliphatic rings. The molecule has 21 heavy (non-hydrogen) atoms. The summed E-state index contributed by atoms with van der Waals surface area (Å²) in [4.78, 5) is 11.3. The lowest BCUT2D eigenvalue weighted by Crippen LogP contribution is -2.25. The van der Waals surface area contributed by atoms with Crippen molar-refractivity contribution < 1.29 is 9.53 Å². The van der Waals surface area contributed by atoms with Gasteiger partial charge < -0.3 is 15.4 Å². The second-order valence-electron chi connectivity index (χ2n) is 5.08. The fourth-order valence-electron chi connectivity index (χ4n) is 2.35. The number of ether oxygens (including phenoxy) is 1. The second-order valence-corrected chi connectivity index (χ2v) is 5.08. The standard InChI is InChI=1S/C17H18N2O2/c20-17-12-21-16-7-6-14(10-15(16)19-17)11-18-9-8-13-4-2-1-3-5-13/h1-7,10,18H,8-9,11-12H2,(H,19,20).